The summed E-state index contributed by atoms with van der Waals surface area (Å²) in [6, 6.07) is 2.29. The van der Waals surface area contributed by atoms with Crippen molar-refractivity contribution in [1.29, 1.82) is 5.26 Å². The lowest BCUT2D eigenvalue weighted by molar-refractivity contribution is -0.113. The summed E-state index contributed by atoms with van der Waals surface area (Å²) >= 11 is 2.76. The van der Waals surface area contributed by atoms with Gasteiger partial charge in [-0.1, -0.05) is 32.5 Å². The summed E-state index contributed by atoms with van der Waals surface area (Å²) < 4.78 is 1.36. The van der Waals surface area contributed by atoms with Crippen molar-refractivity contribution in [2.75, 3.05) is 16.9 Å². The van der Waals surface area contributed by atoms with Gasteiger partial charge in [-0.05, 0) is 43.1 Å². The van der Waals surface area contributed by atoms with Crippen LogP contribution in [0, 0.1) is 29.6 Å². The number of rotatable bonds is 4. The minimum atomic E-state index is -0.178. The molecule has 2 heterocycles. The molecule has 0 bridgehead atoms. The summed E-state index contributed by atoms with van der Waals surface area (Å²) in [5.41, 5.74) is 1.98. The first-order chi connectivity index (χ1) is 12.7. The number of aromatic nitrogens is 3. The molecule has 0 aliphatic heterocycles. The van der Waals surface area contributed by atoms with Gasteiger partial charge in [-0.15, -0.1) is 21.5 Å². The van der Waals surface area contributed by atoms with E-state index in [2.05, 4.69) is 42.4 Å². The third-order valence-electron chi connectivity index (χ3n) is 5.02. The van der Waals surface area contributed by atoms with Crippen LogP contribution >= 0.6 is 23.1 Å². The fraction of sp³-hybridized carbons (Fsp3) is 0.556. The van der Waals surface area contributed by atoms with Gasteiger partial charge in [0.1, 0.15) is 16.9 Å². The maximum absolute atomic E-state index is 12.4. The normalized spacial score (nSPS) is 16.6. The number of amides is 1. The van der Waals surface area contributed by atoms with E-state index in [9.17, 15) is 10.1 Å². The van der Waals surface area contributed by atoms with Gasteiger partial charge < -0.3 is 11.2 Å². The highest BCUT2D eigenvalue weighted by Crippen LogP contribution is 2.44. The molecule has 1 aliphatic rings. The second-order valence-electron chi connectivity index (χ2n) is 7.86. The molecule has 3 N–H and O–H groups in total. The lowest BCUT2D eigenvalue weighted by atomic mass is 9.72. The van der Waals surface area contributed by atoms with Gasteiger partial charge in [-0.2, -0.15) is 5.26 Å². The Morgan fingerprint density at radius 1 is 1.48 bits per heavy atom. The molecule has 7 nitrogen and oxygen atoms in total. The summed E-state index contributed by atoms with van der Waals surface area (Å²) in [5, 5.41) is 21.5. The van der Waals surface area contributed by atoms with E-state index < -0.39 is 0 Å². The maximum atomic E-state index is 12.4. The Hall–Kier alpha value is -2.05. The van der Waals surface area contributed by atoms with Crippen LogP contribution < -0.4 is 11.2 Å². The topological polar surface area (TPSA) is 110 Å². The second-order valence-corrected chi connectivity index (χ2v) is 9.91. The summed E-state index contributed by atoms with van der Waals surface area (Å²) in [6.07, 6.45) is 2.95. The number of aryl methyl sites for hydroxylation is 1. The molecule has 2 aromatic heterocycles. The van der Waals surface area contributed by atoms with Gasteiger partial charge >= 0.3 is 0 Å². The number of nitrogens with one attached hydrogen (secondary N) is 1. The molecule has 2 aromatic rings. The Kier molecular flexibility index (Phi) is 5.49. The molecule has 0 fully saturated rings. The Balaban J connectivity index is 1.70. The van der Waals surface area contributed by atoms with E-state index in [-0.39, 0.29) is 17.1 Å². The number of nitrogen functional groups attached to an aromatic ring is 1. The first-order valence-electron chi connectivity index (χ1n) is 8.85. The Labute approximate surface area is 167 Å². The molecule has 3 rings (SSSR count). The highest BCUT2D eigenvalue weighted by atomic mass is 32.2. The van der Waals surface area contributed by atoms with E-state index >= 15 is 0 Å². The highest BCUT2D eigenvalue weighted by molar-refractivity contribution is 7.99. The van der Waals surface area contributed by atoms with E-state index in [0.29, 0.717) is 27.5 Å². The largest absolute Gasteiger partial charge is 0.336 e. The SMILES string of the molecule is Cc1nnc(SCC(=O)Nc2sc3c(c2C#N)CC[C@H](C(C)(C)C)C3)n1N. The van der Waals surface area contributed by atoms with Crippen LogP contribution in [-0.4, -0.2) is 26.5 Å². The van der Waals surface area contributed by atoms with Crippen molar-refractivity contribution >= 4 is 34.0 Å². The van der Waals surface area contributed by atoms with E-state index in [1.54, 1.807) is 18.3 Å². The smallest absolute Gasteiger partial charge is 0.235 e. The number of nitrogens with two attached hydrogens (primary N) is 1. The lowest BCUT2D eigenvalue weighted by Gasteiger charge is -2.33. The van der Waals surface area contributed by atoms with Gasteiger partial charge in [0, 0.05) is 4.88 Å². The number of nitrogens with zero attached hydrogens (tertiary/aromatic N) is 4. The van der Waals surface area contributed by atoms with Crippen LogP contribution in [0.5, 0.6) is 0 Å². The van der Waals surface area contributed by atoms with Crippen LogP contribution in [0.15, 0.2) is 5.16 Å². The van der Waals surface area contributed by atoms with Crippen molar-refractivity contribution in [3.05, 3.63) is 21.8 Å². The first kappa shape index (κ1) is 19.7. The average molecular weight is 405 g/mol. The van der Waals surface area contributed by atoms with Gasteiger partial charge in [0.15, 0.2) is 0 Å². The van der Waals surface area contributed by atoms with E-state index in [1.807, 2.05) is 0 Å². The average Bonchev–Trinajstić information content (AvgIpc) is 3.11. The Morgan fingerprint density at radius 3 is 2.81 bits per heavy atom. The number of anilines is 1. The number of fused-ring (bicyclic) bond motifs is 1. The molecule has 9 heteroatoms. The van der Waals surface area contributed by atoms with Crippen LogP contribution in [0.4, 0.5) is 5.00 Å². The van der Waals surface area contributed by atoms with E-state index in [1.165, 1.54) is 21.3 Å². The molecule has 0 spiro atoms. The van der Waals surface area contributed by atoms with Crippen molar-refractivity contribution in [2.24, 2.45) is 11.3 Å². The van der Waals surface area contributed by atoms with Gasteiger partial charge in [0.2, 0.25) is 11.1 Å². The minimum Gasteiger partial charge on any atom is -0.336 e. The molecule has 27 heavy (non-hydrogen) atoms. The molecule has 0 aromatic carbocycles. The summed E-state index contributed by atoms with van der Waals surface area (Å²) in [5.74, 6) is 6.96. The standard InChI is InChI=1S/C18H24N6OS2/c1-10-22-23-17(24(10)20)26-9-15(25)21-16-13(8-19)12-6-5-11(18(2,3)4)7-14(12)27-16/h11H,5-7,9,20H2,1-4H3,(H,21,25)/t11-/m0/s1. The zero-order chi connectivity index (χ0) is 19.8. The molecule has 0 saturated carbocycles. The summed E-state index contributed by atoms with van der Waals surface area (Å²) in [6.45, 7) is 8.54. The Bertz CT molecular complexity index is 902. The van der Waals surface area contributed by atoms with Crippen LogP contribution in [0.2, 0.25) is 0 Å². The van der Waals surface area contributed by atoms with Crippen LogP contribution in [-0.2, 0) is 17.6 Å². The molecular formula is C18H24N6OS2. The number of thiophene rings is 1. The number of hydrogen-bond acceptors (Lipinski definition) is 7. The summed E-state index contributed by atoms with van der Waals surface area (Å²) in [4.78, 5) is 13.6. The van der Waals surface area contributed by atoms with Crippen LogP contribution in [0.1, 0.15) is 49.0 Å². The van der Waals surface area contributed by atoms with Crippen molar-refractivity contribution < 1.29 is 4.79 Å². The van der Waals surface area contributed by atoms with Crippen LogP contribution in [0.3, 0.4) is 0 Å². The molecule has 0 saturated heterocycles. The summed E-state index contributed by atoms with van der Waals surface area (Å²) in [7, 11) is 0. The number of hydrogen-bond donors (Lipinski definition) is 2. The van der Waals surface area contributed by atoms with Gasteiger partial charge in [0.05, 0.1) is 11.3 Å². The molecule has 1 atom stereocenters. The molecule has 1 amide bonds. The first-order valence-corrected chi connectivity index (χ1v) is 10.6. The fourth-order valence-electron chi connectivity index (χ4n) is 3.27. The van der Waals surface area contributed by atoms with E-state index in [4.69, 9.17) is 5.84 Å². The van der Waals surface area contributed by atoms with Gasteiger partial charge in [-0.25, -0.2) is 4.68 Å². The molecule has 0 radical (unpaired) electrons. The third kappa shape index (κ3) is 4.12. The zero-order valence-electron chi connectivity index (χ0n) is 16.0. The molecular weight excluding hydrogens is 380 g/mol. The third-order valence-corrected chi connectivity index (χ3v) is 7.13. The second kappa shape index (κ2) is 7.52. The van der Waals surface area contributed by atoms with Crippen molar-refractivity contribution in [1.82, 2.24) is 14.9 Å². The van der Waals surface area contributed by atoms with Crippen LogP contribution in [0.25, 0.3) is 0 Å². The fourth-order valence-corrected chi connectivity index (χ4v) is 5.27. The number of thioether (sulfide) groups is 1. The number of carbonyl (C=O) groups excluding carboxylic acids is 1. The maximum Gasteiger partial charge on any atom is 0.235 e. The predicted molar refractivity (Wildman–Crippen MR) is 108 cm³/mol. The number of carbonyl (C=O) groups is 1. The molecule has 0 unspecified atom stereocenters. The van der Waals surface area contributed by atoms with Gasteiger partial charge in [-0.3, -0.25) is 4.79 Å². The van der Waals surface area contributed by atoms with Gasteiger partial charge in [0.25, 0.3) is 0 Å². The predicted octanol–water partition coefficient (Wildman–Crippen LogP) is 3.12. The zero-order valence-corrected chi connectivity index (χ0v) is 17.6. The van der Waals surface area contributed by atoms with Crippen molar-refractivity contribution in [2.45, 2.75) is 52.1 Å². The molecule has 1 aliphatic carbocycles. The van der Waals surface area contributed by atoms with Crippen molar-refractivity contribution in [3.63, 3.8) is 0 Å². The number of nitriles is 1. The Morgan fingerprint density at radius 2 is 2.22 bits per heavy atom. The van der Waals surface area contributed by atoms with E-state index in [0.717, 1.165) is 24.8 Å². The minimum absolute atomic E-state index is 0.160. The van der Waals surface area contributed by atoms with Crippen molar-refractivity contribution in [3.8, 4) is 6.07 Å². The lowest BCUT2D eigenvalue weighted by Crippen LogP contribution is -2.26. The quantitative estimate of drug-likeness (QED) is 0.598. The molecule has 144 valence electrons. The monoisotopic (exact) mass is 404 g/mol. The highest BCUT2D eigenvalue weighted by Gasteiger charge is 2.32.